The van der Waals surface area contributed by atoms with Crippen molar-refractivity contribution in [1.82, 2.24) is 10.2 Å². The number of hydrogen-bond donors (Lipinski definition) is 1. The molecule has 0 saturated carbocycles. The molecular weight excluding hydrogens is 172 g/mol. The summed E-state index contributed by atoms with van der Waals surface area (Å²) in [5.74, 6) is 0.785. The van der Waals surface area contributed by atoms with Crippen LogP contribution in [0.3, 0.4) is 0 Å². The van der Waals surface area contributed by atoms with Crippen LogP contribution in [0, 0.1) is 5.92 Å². The van der Waals surface area contributed by atoms with E-state index in [9.17, 15) is 0 Å². The highest BCUT2D eigenvalue weighted by molar-refractivity contribution is 4.93. The molecule has 2 nitrogen and oxygen atoms in total. The molecule has 82 valence electrons. The van der Waals surface area contributed by atoms with E-state index in [0.29, 0.717) is 0 Å². The summed E-state index contributed by atoms with van der Waals surface area (Å²) >= 11 is 0. The first-order chi connectivity index (χ1) is 6.77. The maximum atomic E-state index is 3.74. The van der Waals surface area contributed by atoms with Gasteiger partial charge in [0, 0.05) is 18.6 Å². The summed E-state index contributed by atoms with van der Waals surface area (Å²) in [6.45, 7) is 8.46. The molecule has 0 spiro atoms. The molecule has 14 heavy (non-hydrogen) atoms. The summed E-state index contributed by atoms with van der Waals surface area (Å²) in [6, 6.07) is 1.65. The number of piperidine rings is 1. The minimum atomic E-state index is 0.785. The molecule has 2 unspecified atom stereocenters. The Kier molecular flexibility index (Phi) is 3.45. The third-order valence-corrected chi connectivity index (χ3v) is 3.64. The summed E-state index contributed by atoms with van der Waals surface area (Å²) < 4.78 is 0. The van der Waals surface area contributed by atoms with Gasteiger partial charge >= 0.3 is 0 Å². The Morgan fingerprint density at radius 1 is 1.21 bits per heavy atom. The maximum absolute atomic E-state index is 3.74. The van der Waals surface area contributed by atoms with E-state index in [-0.39, 0.29) is 0 Å². The zero-order valence-electron chi connectivity index (χ0n) is 9.63. The molecule has 0 aromatic heterocycles. The van der Waals surface area contributed by atoms with Crippen molar-refractivity contribution in [2.24, 2.45) is 5.92 Å². The van der Waals surface area contributed by atoms with E-state index in [1.165, 1.54) is 45.3 Å². The first-order valence-corrected chi connectivity index (χ1v) is 6.25. The number of nitrogens with one attached hydrogen (secondary N) is 1. The predicted molar refractivity (Wildman–Crippen MR) is 60.5 cm³/mol. The van der Waals surface area contributed by atoms with Gasteiger partial charge in [-0.2, -0.15) is 0 Å². The van der Waals surface area contributed by atoms with E-state index in [4.69, 9.17) is 0 Å². The van der Waals surface area contributed by atoms with Crippen LogP contribution in [0.25, 0.3) is 0 Å². The molecule has 0 radical (unpaired) electrons. The second-order valence-electron chi connectivity index (χ2n) is 5.30. The van der Waals surface area contributed by atoms with Crippen LogP contribution in [0.5, 0.6) is 0 Å². The van der Waals surface area contributed by atoms with Crippen LogP contribution in [-0.2, 0) is 0 Å². The number of rotatable bonds is 3. The molecule has 0 aliphatic carbocycles. The lowest BCUT2D eigenvalue weighted by molar-refractivity contribution is 0.179. The zero-order chi connectivity index (χ0) is 9.97. The summed E-state index contributed by atoms with van der Waals surface area (Å²) in [5.41, 5.74) is 0. The first-order valence-electron chi connectivity index (χ1n) is 6.25. The average Bonchev–Trinajstić information content (AvgIpc) is 2.58. The second-order valence-corrected chi connectivity index (χ2v) is 5.30. The van der Waals surface area contributed by atoms with Crippen LogP contribution in [0.15, 0.2) is 0 Å². The van der Waals surface area contributed by atoms with Gasteiger partial charge < -0.3 is 5.32 Å². The summed E-state index contributed by atoms with van der Waals surface area (Å²) in [6.07, 6.45) is 5.67. The quantitative estimate of drug-likeness (QED) is 0.741. The minimum Gasteiger partial charge on any atom is -0.312 e. The average molecular weight is 196 g/mol. The monoisotopic (exact) mass is 196 g/mol. The second kappa shape index (κ2) is 4.63. The third kappa shape index (κ3) is 2.29. The zero-order valence-corrected chi connectivity index (χ0v) is 9.63. The van der Waals surface area contributed by atoms with Crippen molar-refractivity contribution in [3.8, 4) is 0 Å². The molecule has 2 aliphatic rings. The van der Waals surface area contributed by atoms with Gasteiger partial charge in [-0.05, 0) is 38.3 Å². The summed E-state index contributed by atoms with van der Waals surface area (Å²) in [5, 5.41) is 3.74. The molecule has 2 fully saturated rings. The lowest BCUT2D eigenvalue weighted by atomic mass is 9.99. The molecule has 2 aliphatic heterocycles. The number of nitrogens with zero attached hydrogens (tertiary/aromatic N) is 1. The van der Waals surface area contributed by atoms with Gasteiger partial charge in [0.25, 0.3) is 0 Å². The fourth-order valence-corrected chi connectivity index (χ4v) is 2.87. The van der Waals surface area contributed by atoms with Crippen LogP contribution in [0.4, 0.5) is 0 Å². The Balaban J connectivity index is 1.81. The van der Waals surface area contributed by atoms with Gasteiger partial charge in [0.1, 0.15) is 0 Å². The fourth-order valence-electron chi connectivity index (χ4n) is 2.87. The first kappa shape index (κ1) is 10.4. The Labute approximate surface area is 88.1 Å². The molecule has 2 heteroatoms. The van der Waals surface area contributed by atoms with E-state index in [1.54, 1.807) is 0 Å². The lowest BCUT2D eigenvalue weighted by Crippen LogP contribution is -2.45. The molecule has 0 aromatic carbocycles. The summed E-state index contributed by atoms with van der Waals surface area (Å²) in [7, 11) is 0. The van der Waals surface area contributed by atoms with E-state index in [1.807, 2.05) is 0 Å². The normalized spacial score (nSPS) is 33.6. The number of fused-ring (bicyclic) bond motifs is 1. The van der Waals surface area contributed by atoms with Crippen LogP contribution in [0.2, 0.25) is 0 Å². The molecular formula is C12H24N2. The third-order valence-electron chi connectivity index (χ3n) is 3.64. The van der Waals surface area contributed by atoms with Gasteiger partial charge in [0.05, 0.1) is 0 Å². The molecule has 1 N–H and O–H groups in total. The van der Waals surface area contributed by atoms with E-state index in [0.717, 1.165) is 18.0 Å². The van der Waals surface area contributed by atoms with Crippen molar-refractivity contribution in [2.45, 2.75) is 51.6 Å². The Morgan fingerprint density at radius 3 is 2.86 bits per heavy atom. The number of hydrogen-bond acceptors (Lipinski definition) is 2. The van der Waals surface area contributed by atoms with Gasteiger partial charge in [-0.25, -0.2) is 0 Å². The van der Waals surface area contributed by atoms with Gasteiger partial charge in [-0.1, -0.05) is 20.3 Å². The SMILES string of the molecule is CC(C)CNC1CCN2CCCCC12. The van der Waals surface area contributed by atoms with Crippen molar-refractivity contribution in [2.75, 3.05) is 19.6 Å². The molecule has 2 saturated heterocycles. The highest BCUT2D eigenvalue weighted by Gasteiger charge is 2.34. The van der Waals surface area contributed by atoms with Gasteiger partial charge in [0.2, 0.25) is 0 Å². The molecule has 0 bridgehead atoms. The molecule has 2 heterocycles. The van der Waals surface area contributed by atoms with E-state index < -0.39 is 0 Å². The van der Waals surface area contributed by atoms with E-state index >= 15 is 0 Å². The largest absolute Gasteiger partial charge is 0.312 e. The van der Waals surface area contributed by atoms with E-state index in [2.05, 4.69) is 24.1 Å². The molecule has 2 rings (SSSR count). The van der Waals surface area contributed by atoms with Crippen molar-refractivity contribution >= 4 is 0 Å². The van der Waals surface area contributed by atoms with Crippen molar-refractivity contribution in [1.29, 1.82) is 0 Å². The smallest absolute Gasteiger partial charge is 0.0249 e. The van der Waals surface area contributed by atoms with Gasteiger partial charge in [-0.15, -0.1) is 0 Å². The van der Waals surface area contributed by atoms with Crippen molar-refractivity contribution < 1.29 is 0 Å². The van der Waals surface area contributed by atoms with Crippen LogP contribution in [-0.4, -0.2) is 36.6 Å². The Hall–Kier alpha value is -0.0800. The van der Waals surface area contributed by atoms with Gasteiger partial charge in [-0.3, -0.25) is 4.90 Å². The standard InChI is InChI=1S/C12H24N2/c1-10(2)9-13-11-6-8-14-7-4-3-5-12(11)14/h10-13H,3-9H2,1-2H3. The highest BCUT2D eigenvalue weighted by atomic mass is 15.2. The van der Waals surface area contributed by atoms with Crippen molar-refractivity contribution in [3.05, 3.63) is 0 Å². The Bertz CT molecular complexity index is 179. The highest BCUT2D eigenvalue weighted by Crippen LogP contribution is 2.27. The Morgan fingerprint density at radius 2 is 2.07 bits per heavy atom. The minimum absolute atomic E-state index is 0.785. The summed E-state index contributed by atoms with van der Waals surface area (Å²) in [4.78, 5) is 2.70. The molecule has 0 aromatic rings. The fraction of sp³-hybridized carbons (Fsp3) is 1.00. The predicted octanol–water partition coefficient (Wildman–Crippen LogP) is 1.86. The molecule has 0 amide bonds. The van der Waals surface area contributed by atoms with Crippen LogP contribution >= 0.6 is 0 Å². The molecule has 2 atom stereocenters. The van der Waals surface area contributed by atoms with Crippen LogP contribution in [0.1, 0.15) is 39.5 Å². The lowest BCUT2D eigenvalue weighted by Gasteiger charge is -2.33. The van der Waals surface area contributed by atoms with Crippen molar-refractivity contribution in [3.63, 3.8) is 0 Å². The maximum Gasteiger partial charge on any atom is 0.0249 e. The topological polar surface area (TPSA) is 15.3 Å². The van der Waals surface area contributed by atoms with Crippen LogP contribution < -0.4 is 5.32 Å². The van der Waals surface area contributed by atoms with Gasteiger partial charge in [0.15, 0.2) is 0 Å².